The lowest BCUT2D eigenvalue weighted by Crippen LogP contribution is -2.25. The summed E-state index contributed by atoms with van der Waals surface area (Å²) in [6, 6.07) is 14.8. The number of rotatable bonds is 9. The number of aromatic nitrogens is 6. The second-order valence-electron chi connectivity index (χ2n) is 11.4. The summed E-state index contributed by atoms with van der Waals surface area (Å²) in [7, 11) is 4.07. The number of H-pyrrole nitrogens is 2. The molecule has 1 saturated heterocycles. The summed E-state index contributed by atoms with van der Waals surface area (Å²) in [5.41, 5.74) is 7.43. The van der Waals surface area contributed by atoms with Crippen LogP contribution in [0, 0.1) is 5.82 Å². The number of fused-ring (bicyclic) bond motifs is 2. The molecular formula is C33H33FN8O. The number of para-hydroxylation sites is 1. The molecule has 43 heavy (non-hydrogen) atoms. The zero-order valence-electron chi connectivity index (χ0n) is 24.3. The van der Waals surface area contributed by atoms with E-state index >= 15 is 0 Å². The van der Waals surface area contributed by atoms with Crippen molar-refractivity contribution in [2.75, 3.05) is 40.3 Å². The van der Waals surface area contributed by atoms with Crippen LogP contribution in [-0.4, -0.2) is 80.3 Å². The molecule has 2 N–H and O–H groups in total. The number of aromatic amines is 2. The number of pyridine rings is 2. The van der Waals surface area contributed by atoms with Crippen molar-refractivity contribution in [1.82, 2.24) is 39.9 Å². The van der Waals surface area contributed by atoms with Crippen LogP contribution in [0.5, 0.6) is 5.75 Å². The Labute approximate surface area is 248 Å². The number of nitrogens with one attached hydrogen (secondary N) is 2. The second-order valence-corrected chi connectivity index (χ2v) is 11.4. The highest BCUT2D eigenvalue weighted by atomic mass is 19.1. The van der Waals surface area contributed by atoms with Gasteiger partial charge in [0.15, 0.2) is 5.82 Å². The second kappa shape index (κ2) is 11.5. The molecule has 6 aromatic rings. The third-order valence-corrected chi connectivity index (χ3v) is 7.83. The van der Waals surface area contributed by atoms with Gasteiger partial charge in [0.2, 0.25) is 0 Å². The number of benzene rings is 2. The number of imidazole rings is 1. The molecule has 10 heteroatoms. The van der Waals surface area contributed by atoms with Crippen LogP contribution in [0.3, 0.4) is 0 Å². The number of hydrogen-bond acceptors (Lipinski definition) is 7. The first kappa shape index (κ1) is 27.2. The molecule has 0 radical (unpaired) electrons. The SMILES string of the molecule is CN(C)Cc1cncc(-c2cc3c(-c4nc5c(-c6cc(F)cc(OCCN7CCCC7)c6)cccc5[nH]4)n[nH]c3cn2)c1. The van der Waals surface area contributed by atoms with Crippen molar-refractivity contribution < 1.29 is 9.13 Å². The molecule has 7 rings (SSSR count). The van der Waals surface area contributed by atoms with Crippen LogP contribution in [0.1, 0.15) is 18.4 Å². The van der Waals surface area contributed by atoms with Crippen LogP contribution >= 0.6 is 0 Å². The van der Waals surface area contributed by atoms with E-state index < -0.39 is 0 Å². The standard InChI is InChI=1S/C33H33FN8O/c1-41(2)20-21-12-23(18-35-17-21)29-16-27-30(19-36-29)39-40-32(27)33-37-28-7-5-6-26(31(28)38-33)22-13-24(34)15-25(14-22)43-11-10-42-8-3-4-9-42/h5-7,12-19H,3-4,8-11,20H2,1-2H3,(H,37,38)(H,39,40). The minimum Gasteiger partial charge on any atom is -0.492 e. The molecule has 0 bridgehead atoms. The molecule has 0 spiro atoms. The summed E-state index contributed by atoms with van der Waals surface area (Å²) in [4.78, 5) is 22.0. The molecule has 9 nitrogen and oxygen atoms in total. The first-order chi connectivity index (χ1) is 21.0. The Morgan fingerprint density at radius 3 is 2.72 bits per heavy atom. The number of hydrogen-bond donors (Lipinski definition) is 2. The molecule has 0 amide bonds. The van der Waals surface area contributed by atoms with E-state index in [1.807, 2.05) is 56.8 Å². The van der Waals surface area contributed by atoms with E-state index in [4.69, 9.17) is 9.72 Å². The molecular weight excluding hydrogens is 543 g/mol. The van der Waals surface area contributed by atoms with Crippen molar-refractivity contribution in [2.24, 2.45) is 0 Å². The van der Waals surface area contributed by atoms with E-state index in [0.717, 1.165) is 70.5 Å². The molecule has 0 atom stereocenters. The van der Waals surface area contributed by atoms with E-state index in [9.17, 15) is 4.39 Å². The van der Waals surface area contributed by atoms with Gasteiger partial charge >= 0.3 is 0 Å². The van der Waals surface area contributed by atoms with E-state index in [0.29, 0.717) is 29.4 Å². The quantitative estimate of drug-likeness (QED) is 0.221. The van der Waals surface area contributed by atoms with E-state index in [2.05, 4.69) is 41.0 Å². The topological polar surface area (TPSA) is 98.9 Å². The third-order valence-electron chi connectivity index (χ3n) is 7.83. The van der Waals surface area contributed by atoms with Crippen LogP contribution in [0.15, 0.2) is 67.1 Å². The Hall–Kier alpha value is -4.67. The summed E-state index contributed by atoms with van der Waals surface area (Å²) in [6.45, 7) is 4.37. The summed E-state index contributed by atoms with van der Waals surface area (Å²) in [6.07, 6.45) is 7.94. The number of halogens is 1. The highest BCUT2D eigenvalue weighted by Crippen LogP contribution is 2.34. The van der Waals surface area contributed by atoms with Gasteiger partial charge in [-0.05, 0) is 81.5 Å². The Morgan fingerprint density at radius 2 is 1.86 bits per heavy atom. The van der Waals surface area contributed by atoms with Gasteiger partial charge in [0, 0.05) is 48.1 Å². The molecule has 5 heterocycles. The fourth-order valence-electron chi connectivity index (χ4n) is 5.81. The summed E-state index contributed by atoms with van der Waals surface area (Å²) < 4.78 is 20.7. The highest BCUT2D eigenvalue weighted by Gasteiger charge is 2.18. The van der Waals surface area contributed by atoms with Gasteiger partial charge in [-0.3, -0.25) is 20.0 Å². The predicted molar refractivity (Wildman–Crippen MR) is 166 cm³/mol. The Bertz CT molecular complexity index is 1910. The minimum absolute atomic E-state index is 0.344. The number of nitrogens with zero attached hydrogens (tertiary/aromatic N) is 6. The molecule has 2 aromatic carbocycles. The first-order valence-electron chi connectivity index (χ1n) is 14.6. The average Bonchev–Trinajstić information content (AvgIpc) is 3.76. The number of likely N-dealkylation sites (tertiary alicyclic amines) is 1. The lowest BCUT2D eigenvalue weighted by atomic mass is 10.0. The Balaban J connectivity index is 1.21. The molecule has 0 aliphatic carbocycles. The average molecular weight is 577 g/mol. The van der Waals surface area contributed by atoms with E-state index in [1.165, 1.54) is 25.0 Å². The molecule has 4 aromatic heterocycles. The maximum absolute atomic E-state index is 14.8. The van der Waals surface area contributed by atoms with E-state index in [1.54, 1.807) is 6.20 Å². The van der Waals surface area contributed by atoms with Crippen LogP contribution in [0.25, 0.3) is 55.8 Å². The Morgan fingerprint density at radius 1 is 0.977 bits per heavy atom. The van der Waals surface area contributed by atoms with Crippen molar-refractivity contribution in [1.29, 1.82) is 0 Å². The third kappa shape index (κ3) is 5.71. The molecule has 1 aliphatic heterocycles. The monoisotopic (exact) mass is 576 g/mol. The maximum Gasteiger partial charge on any atom is 0.159 e. The Kier molecular flexibility index (Phi) is 7.30. The number of ether oxygens (including phenoxy) is 1. The normalized spacial score (nSPS) is 14.0. The van der Waals surface area contributed by atoms with Crippen molar-refractivity contribution in [3.63, 3.8) is 0 Å². The van der Waals surface area contributed by atoms with Crippen molar-refractivity contribution >= 4 is 21.9 Å². The van der Waals surface area contributed by atoms with Crippen LogP contribution in [0.4, 0.5) is 4.39 Å². The fraction of sp³-hybridized carbons (Fsp3) is 0.273. The zero-order chi connectivity index (χ0) is 29.3. The van der Waals surface area contributed by atoms with Gasteiger partial charge in [-0.25, -0.2) is 9.37 Å². The predicted octanol–water partition coefficient (Wildman–Crippen LogP) is 5.91. The molecule has 218 valence electrons. The van der Waals surface area contributed by atoms with Crippen LogP contribution in [0.2, 0.25) is 0 Å². The van der Waals surface area contributed by atoms with Gasteiger partial charge in [0.05, 0.1) is 28.4 Å². The lowest BCUT2D eigenvalue weighted by molar-refractivity contribution is 0.237. The maximum atomic E-state index is 14.8. The summed E-state index contributed by atoms with van der Waals surface area (Å²) in [5, 5.41) is 8.56. The van der Waals surface area contributed by atoms with Crippen molar-refractivity contribution in [2.45, 2.75) is 19.4 Å². The van der Waals surface area contributed by atoms with Crippen molar-refractivity contribution in [3.8, 4) is 39.7 Å². The van der Waals surface area contributed by atoms with Gasteiger partial charge in [0.1, 0.15) is 23.9 Å². The summed E-state index contributed by atoms with van der Waals surface area (Å²) >= 11 is 0. The van der Waals surface area contributed by atoms with Gasteiger partial charge in [0.25, 0.3) is 0 Å². The smallest absolute Gasteiger partial charge is 0.159 e. The molecule has 0 unspecified atom stereocenters. The van der Waals surface area contributed by atoms with E-state index in [-0.39, 0.29) is 5.82 Å². The van der Waals surface area contributed by atoms with Crippen LogP contribution < -0.4 is 4.74 Å². The van der Waals surface area contributed by atoms with Gasteiger partial charge < -0.3 is 14.6 Å². The molecule has 1 fully saturated rings. The lowest BCUT2D eigenvalue weighted by Gasteiger charge is -2.15. The fourth-order valence-corrected chi connectivity index (χ4v) is 5.81. The molecule has 1 aliphatic rings. The summed E-state index contributed by atoms with van der Waals surface area (Å²) in [5.74, 6) is 0.789. The highest BCUT2D eigenvalue weighted by molar-refractivity contribution is 5.97. The van der Waals surface area contributed by atoms with Crippen molar-refractivity contribution in [3.05, 3.63) is 78.5 Å². The van der Waals surface area contributed by atoms with Gasteiger partial charge in [-0.1, -0.05) is 12.1 Å². The minimum atomic E-state index is -0.344. The van der Waals surface area contributed by atoms with Crippen LogP contribution in [-0.2, 0) is 6.54 Å². The van der Waals surface area contributed by atoms with Gasteiger partial charge in [-0.15, -0.1) is 0 Å². The molecule has 0 saturated carbocycles. The first-order valence-corrected chi connectivity index (χ1v) is 14.6. The zero-order valence-corrected chi connectivity index (χ0v) is 24.3. The van der Waals surface area contributed by atoms with Gasteiger partial charge in [-0.2, -0.15) is 5.10 Å². The largest absolute Gasteiger partial charge is 0.492 e.